The Bertz CT molecular complexity index is 945. The molecule has 0 radical (unpaired) electrons. The van der Waals surface area contributed by atoms with Crippen molar-refractivity contribution < 1.29 is 9.59 Å². The molecular weight excluding hydrogens is 376 g/mol. The summed E-state index contributed by atoms with van der Waals surface area (Å²) in [5.74, 6) is -0.604. The van der Waals surface area contributed by atoms with E-state index < -0.39 is 0 Å². The van der Waals surface area contributed by atoms with Crippen LogP contribution in [0.2, 0.25) is 0 Å². The number of benzene rings is 1. The van der Waals surface area contributed by atoms with E-state index in [1.165, 1.54) is 22.4 Å². The van der Waals surface area contributed by atoms with E-state index >= 15 is 0 Å². The van der Waals surface area contributed by atoms with Crippen LogP contribution < -0.4 is 5.32 Å². The Morgan fingerprint density at radius 3 is 2.61 bits per heavy atom. The second-order valence-electron chi connectivity index (χ2n) is 6.51. The summed E-state index contributed by atoms with van der Waals surface area (Å²) in [6.45, 7) is 1.18. The second-order valence-corrected chi connectivity index (χ2v) is 7.41. The summed E-state index contributed by atoms with van der Waals surface area (Å²) in [4.78, 5) is 41.7. The minimum atomic E-state index is -0.314. The molecule has 0 aliphatic heterocycles. The highest BCUT2D eigenvalue weighted by atomic mass is 32.1. The van der Waals surface area contributed by atoms with Gasteiger partial charge in [0.25, 0.3) is 5.91 Å². The van der Waals surface area contributed by atoms with Crippen LogP contribution in [0.25, 0.3) is 11.0 Å². The van der Waals surface area contributed by atoms with Gasteiger partial charge in [-0.15, -0.1) is 11.3 Å². The van der Waals surface area contributed by atoms with E-state index in [9.17, 15) is 9.59 Å². The lowest BCUT2D eigenvalue weighted by Gasteiger charge is -2.22. The van der Waals surface area contributed by atoms with Gasteiger partial charge in [0.2, 0.25) is 5.91 Å². The first kappa shape index (κ1) is 19.8. The Morgan fingerprint density at radius 1 is 1.11 bits per heavy atom. The van der Waals surface area contributed by atoms with E-state index in [0.717, 1.165) is 18.5 Å². The number of aromatic nitrogens is 3. The van der Waals surface area contributed by atoms with Crippen molar-refractivity contribution in [1.82, 2.24) is 24.8 Å². The van der Waals surface area contributed by atoms with Gasteiger partial charge < -0.3 is 15.1 Å². The van der Waals surface area contributed by atoms with Crippen molar-refractivity contribution in [2.24, 2.45) is 0 Å². The summed E-state index contributed by atoms with van der Waals surface area (Å²) in [5, 5.41) is 5.00. The number of nitrogens with zero attached hydrogens (tertiary/aromatic N) is 5. The smallest absolute Gasteiger partial charge is 0.274 e. The molecule has 146 valence electrons. The fourth-order valence-electron chi connectivity index (χ4n) is 2.67. The van der Waals surface area contributed by atoms with Gasteiger partial charge in [0.1, 0.15) is 12.2 Å². The summed E-state index contributed by atoms with van der Waals surface area (Å²) >= 11 is 1.33. The average Bonchev–Trinajstić information content (AvgIpc) is 3.19. The third-order valence-corrected chi connectivity index (χ3v) is 4.69. The lowest BCUT2D eigenvalue weighted by atomic mass is 10.2. The van der Waals surface area contributed by atoms with Crippen LogP contribution in [-0.4, -0.2) is 70.3 Å². The van der Waals surface area contributed by atoms with Crippen molar-refractivity contribution in [3.63, 3.8) is 0 Å². The lowest BCUT2D eigenvalue weighted by molar-refractivity contribution is -0.116. The molecule has 9 heteroatoms. The zero-order chi connectivity index (χ0) is 19.9. The minimum absolute atomic E-state index is 0.0691. The zero-order valence-electron chi connectivity index (χ0n) is 15.8. The van der Waals surface area contributed by atoms with Gasteiger partial charge in [0.05, 0.1) is 17.2 Å². The highest BCUT2D eigenvalue weighted by Crippen LogP contribution is 2.12. The number of fused-ring (bicyclic) bond motifs is 1. The molecule has 0 aliphatic rings. The van der Waals surface area contributed by atoms with Gasteiger partial charge in [-0.25, -0.2) is 9.97 Å². The second kappa shape index (κ2) is 9.34. The molecule has 0 aliphatic carbocycles. The minimum Gasteiger partial charge on any atom is -0.328 e. The number of hydrogen-bond acceptors (Lipinski definition) is 7. The van der Waals surface area contributed by atoms with Crippen LogP contribution in [0, 0.1) is 0 Å². The number of para-hydroxylation sites is 2. The molecule has 2 heterocycles. The molecule has 0 unspecified atom stereocenters. The number of carbonyl (C=O) groups excluding carboxylic acids is 2. The Hall–Kier alpha value is -2.91. The van der Waals surface area contributed by atoms with E-state index in [2.05, 4.69) is 20.3 Å². The van der Waals surface area contributed by atoms with Gasteiger partial charge >= 0.3 is 0 Å². The standard InChI is InChI=1S/C19H22N6O2S/c1-24(2)9-5-10-25(13-17(26)23-19-20-8-11-28-19)18(27)16-12-21-14-6-3-4-7-15(14)22-16/h3-4,6-8,11-12H,5,9-10,13H2,1-2H3,(H,20,23,26). The van der Waals surface area contributed by atoms with Gasteiger partial charge in [0, 0.05) is 18.1 Å². The Morgan fingerprint density at radius 2 is 1.89 bits per heavy atom. The summed E-state index contributed by atoms with van der Waals surface area (Å²) < 4.78 is 0. The van der Waals surface area contributed by atoms with Crippen molar-refractivity contribution in [2.45, 2.75) is 6.42 Å². The molecule has 3 rings (SSSR count). The summed E-state index contributed by atoms with van der Waals surface area (Å²) in [6.07, 6.45) is 3.82. The molecule has 0 bridgehead atoms. The molecule has 2 amide bonds. The Balaban J connectivity index is 1.75. The van der Waals surface area contributed by atoms with Gasteiger partial charge in [-0.3, -0.25) is 14.6 Å². The van der Waals surface area contributed by atoms with Crippen LogP contribution in [0.1, 0.15) is 16.9 Å². The Labute approximate surface area is 167 Å². The predicted molar refractivity (Wildman–Crippen MR) is 109 cm³/mol. The van der Waals surface area contributed by atoms with Crippen LogP contribution in [0.5, 0.6) is 0 Å². The molecule has 0 spiro atoms. The van der Waals surface area contributed by atoms with Gasteiger partial charge in [0.15, 0.2) is 5.13 Å². The van der Waals surface area contributed by atoms with E-state index in [1.807, 2.05) is 43.3 Å². The molecule has 1 N–H and O–H groups in total. The first-order valence-corrected chi connectivity index (χ1v) is 9.76. The van der Waals surface area contributed by atoms with E-state index in [4.69, 9.17) is 0 Å². The third kappa shape index (κ3) is 5.30. The van der Waals surface area contributed by atoms with E-state index in [1.54, 1.807) is 11.6 Å². The monoisotopic (exact) mass is 398 g/mol. The maximum absolute atomic E-state index is 13.0. The lowest BCUT2D eigenvalue weighted by Crippen LogP contribution is -2.39. The Kier molecular flexibility index (Phi) is 6.62. The molecule has 2 aromatic heterocycles. The maximum Gasteiger partial charge on any atom is 0.274 e. The topological polar surface area (TPSA) is 91.3 Å². The predicted octanol–water partition coefficient (Wildman–Crippen LogP) is 2.12. The zero-order valence-corrected chi connectivity index (χ0v) is 16.6. The molecule has 1 aromatic carbocycles. The number of amides is 2. The van der Waals surface area contributed by atoms with Gasteiger partial charge in [-0.05, 0) is 39.2 Å². The SMILES string of the molecule is CN(C)CCCN(CC(=O)Nc1nccs1)C(=O)c1cnc2ccccc2n1. The normalized spacial score (nSPS) is 11.0. The molecule has 28 heavy (non-hydrogen) atoms. The summed E-state index contributed by atoms with van der Waals surface area (Å²) in [6, 6.07) is 7.37. The average molecular weight is 398 g/mol. The number of anilines is 1. The number of rotatable bonds is 8. The number of thiazole rings is 1. The van der Waals surface area contributed by atoms with E-state index in [-0.39, 0.29) is 24.1 Å². The van der Waals surface area contributed by atoms with Crippen LogP contribution >= 0.6 is 11.3 Å². The number of hydrogen-bond donors (Lipinski definition) is 1. The molecule has 0 saturated carbocycles. The fourth-order valence-corrected chi connectivity index (χ4v) is 3.21. The fraction of sp³-hybridized carbons (Fsp3) is 0.316. The van der Waals surface area contributed by atoms with Crippen LogP contribution in [0.4, 0.5) is 5.13 Å². The third-order valence-electron chi connectivity index (χ3n) is 4.00. The highest BCUT2D eigenvalue weighted by Gasteiger charge is 2.21. The van der Waals surface area contributed by atoms with Crippen molar-refractivity contribution in [1.29, 1.82) is 0 Å². The molecule has 0 fully saturated rings. The molecule has 0 saturated heterocycles. The van der Waals surface area contributed by atoms with Crippen molar-refractivity contribution >= 4 is 39.3 Å². The largest absolute Gasteiger partial charge is 0.328 e. The molecular formula is C19H22N6O2S. The first-order chi connectivity index (χ1) is 13.5. The quantitative estimate of drug-likeness (QED) is 0.625. The maximum atomic E-state index is 13.0. The number of carbonyl (C=O) groups is 2. The van der Waals surface area contributed by atoms with Crippen LogP contribution in [0.15, 0.2) is 42.0 Å². The first-order valence-electron chi connectivity index (χ1n) is 8.88. The van der Waals surface area contributed by atoms with Gasteiger partial charge in [-0.1, -0.05) is 12.1 Å². The van der Waals surface area contributed by atoms with Crippen molar-refractivity contribution in [2.75, 3.05) is 39.0 Å². The summed E-state index contributed by atoms with van der Waals surface area (Å²) in [7, 11) is 3.94. The molecule has 0 atom stereocenters. The highest BCUT2D eigenvalue weighted by molar-refractivity contribution is 7.13. The van der Waals surface area contributed by atoms with Crippen molar-refractivity contribution in [3.8, 4) is 0 Å². The van der Waals surface area contributed by atoms with E-state index in [0.29, 0.717) is 17.2 Å². The molecule has 8 nitrogen and oxygen atoms in total. The number of nitrogens with one attached hydrogen (secondary N) is 1. The van der Waals surface area contributed by atoms with Crippen LogP contribution in [0.3, 0.4) is 0 Å². The van der Waals surface area contributed by atoms with Crippen molar-refractivity contribution in [3.05, 3.63) is 47.7 Å². The summed E-state index contributed by atoms with van der Waals surface area (Å²) in [5.41, 5.74) is 1.60. The van der Waals surface area contributed by atoms with Crippen LogP contribution in [-0.2, 0) is 4.79 Å². The molecule has 3 aromatic rings. The van der Waals surface area contributed by atoms with Gasteiger partial charge in [-0.2, -0.15) is 0 Å².